The van der Waals surface area contributed by atoms with Gasteiger partial charge in [-0.3, -0.25) is 10.1 Å². The molecule has 0 bridgehead atoms. The number of hydrogen-bond donors (Lipinski definition) is 1. The number of carbonyl (C=O) groups is 1. The van der Waals surface area contributed by atoms with Crippen molar-refractivity contribution in [2.45, 2.75) is 65.1 Å². The van der Waals surface area contributed by atoms with Crippen LogP contribution in [0.2, 0.25) is 0 Å². The van der Waals surface area contributed by atoms with Crippen LogP contribution in [0.5, 0.6) is 0 Å². The highest BCUT2D eigenvalue weighted by Crippen LogP contribution is 2.19. The van der Waals surface area contributed by atoms with Gasteiger partial charge in [-0.1, -0.05) is 33.6 Å². The Kier molecular flexibility index (Phi) is 7.84. The van der Waals surface area contributed by atoms with E-state index in [-0.39, 0.29) is 12.2 Å². The van der Waals surface area contributed by atoms with Crippen molar-refractivity contribution in [1.82, 2.24) is 10.2 Å². The highest BCUT2D eigenvalue weighted by Gasteiger charge is 2.38. The van der Waals surface area contributed by atoms with Gasteiger partial charge in [0.1, 0.15) is 0 Å². The topological polar surface area (TPSA) is 32.3 Å². The number of unbranched alkanes of at least 4 members (excludes halogenated alkanes) is 3. The number of nitrogens with zero attached hydrogens (tertiary/aromatic N) is 1. The number of rotatable bonds is 9. The van der Waals surface area contributed by atoms with Gasteiger partial charge in [0, 0.05) is 6.54 Å². The third-order valence-corrected chi connectivity index (χ3v) is 4.55. The summed E-state index contributed by atoms with van der Waals surface area (Å²) in [7, 11) is 0. The zero-order valence-corrected chi connectivity index (χ0v) is 13.8. The Balaban J connectivity index is 2.32. The van der Waals surface area contributed by atoms with E-state index in [1.165, 1.54) is 25.0 Å². The highest BCUT2D eigenvalue weighted by atomic mass is 32.2. The second kappa shape index (κ2) is 8.85. The largest absolute Gasteiger partial charge is 0.326 e. The minimum absolute atomic E-state index is 0.0291. The Morgan fingerprint density at radius 3 is 2.53 bits per heavy atom. The Morgan fingerprint density at radius 2 is 1.95 bits per heavy atom. The smallest absolute Gasteiger partial charge is 0.241 e. The molecule has 1 fully saturated rings. The lowest BCUT2D eigenvalue weighted by Crippen LogP contribution is -2.37. The van der Waals surface area contributed by atoms with Crippen LogP contribution in [0.15, 0.2) is 0 Å². The quantitative estimate of drug-likeness (QED) is 0.661. The standard InChI is InChI=1S/C15H30N2OS/c1-5-13-16-14(12(2)3)15(18)17(13)10-8-6-7-9-11-19-4/h12-14,16H,5-11H2,1-4H3. The van der Waals surface area contributed by atoms with Gasteiger partial charge >= 0.3 is 0 Å². The molecule has 1 aliphatic rings. The van der Waals surface area contributed by atoms with Crippen LogP contribution in [0.4, 0.5) is 0 Å². The van der Waals surface area contributed by atoms with Gasteiger partial charge in [-0.25, -0.2) is 0 Å². The SMILES string of the molecule is CCC1NC(C(C)C)C(=O)N1CCCCCCSC. The van der Waals surface area contributed by atoms with Gasteiger partial charge < -0.3 is 4.90 Å². The lowest BCUT2D eigenvalue weighted by Gasteiger charge is -2.23. The van der Waals surface area contributed by atoms with Crippen LogP contribution in [-0.4, -0.2) is 41.6 Å². The van der Waals surface area contributed by atoms with Gasteiger partial charge in [-0.05, 0) is 37.2 Å². The summed E-state index contributed by atoms with van der Waals surface area (Å²) in [6.45, 7) is 7.31. The van der Waals surface area contributed by atoms with E-state index in [1.54, 1.807) is 0 Å². The third-order valence-electron chi connectivity index (χ3n) is 3.85. The molecule has 4 heteroatoms. The van der Waals surface area contributed by atoms with Crippen LogP contribution in [0.25, 0.3) is 0 Å². The number of carbonyl (C=O) groups excluding carboxylic acids is 1. The number of thioether (sulfide) groups is 1. The molecule has 0 radical (unpaired) electrons. The zero-order chi connectivity index (χ0) is 14.3. The lowest BCUT2D eigenvalue weighted by molar-refractivity contribution is -0.130. The molecule has 3 nitrogen and oxygen atoms in total. The number of nitrogens with one attached hydrogen (secondary N) is 1. The van der Waals surface area contributed by atoms with Crippen LogP contribution in [0.3, 0.4) is 0 Å². The summed E-state index contributed by atoms with van der Waals surface area (Å²) in [6, 6.07) is 0.0291. The number of hydrogen-bond acceptors (Lipinski definition) is 3. The van der Waals surface area contributed by atoms with Crippen molar-refractivity contribution in [2.24, 2.45) is 5.92 Å². The molecule has 0 spiro atoms. The van der Waals surface area contributed by atoms with Gasteiger partial charge in [0.15, 0.2) is 0 Å². The monoisotopic (exact) mass is 286 g/mol. The minimum atomic E-state index is 0.0291. The Bertz CT molecular complexity index is 271. The van der Waals surface area contributed by atoms with Crippen LogP contribution in [0.1, 0.15) is 52.9 Å². The molecule has 1 aliphatic heterocycles. The highest BCUT2D eigenvalue weighted by molar-refractivity contribution is 7.98. The molecule has 0 aromatic heterocycles. The number of amides is 1. The second-order valence-electron chi connectivity index (χ2n) is 5.75. The van der Waals surface area contributed by atoms with E-state index in [2.05, 4.69) is 37.2 Å². The van der Waals surface area contributed by atoms with Crippen LogP contribution < -0.4 is 5.32 Å². The summed E-state index contributed by atoms with van der Waals surface area (Å²) in [5.74, 6) is 1.95. The first kappa shape index (κ1) is 16.8. The molecule has 0 aromatic carbocycles. The predicted octanol–water partition coefficient (Wildman–Crippen LogP) is 3.10. The predicted molar refractivity (Wildman–Crippen MR) is 84.4 cm³/mol. The summed E-state index contributed by atoms with van der Waals surface area (Å²) in [4.78, 5) is 14.4. The fourth-order valence-corrected chi connectivity index (χ4v) is 3.16. The van der Waals surface area contributed by atoms with Crippen molar-refractivity contribution in [3.05, 3.63) is 0 Å². The van der Waals surface area contributed by atoms with Crippen molar-refractivity contribution < 1.29 is 4.79 Å². The molecular formula is C15H30N2OS. The zero-order valence-electron chi connectivity index (χ0n) is 12.9. The average Bonchev–Trinajstić information content (AvgIpc) is 2.71. The van der Waals surface area contributed by atoms with Crippen LogP contribution >= 0.6 is 11.8 Å². The Morgan fingerprint density at radius 1 is 1.26 bits per heavy atom. The third kappa shape index (κ3) is 4.99. The minimum Gasteiger partial charge on any atom is -0.326 e. The van der Waals surface area contributed by atoms with Gasteiger partial charge in [0.05, 0.1) is 12.2 Å². The van der Waals surface area contributed by atoms with Crippen molar-refractivity contribution in [1.29, 1.82) is 0 Å². The lowest BCUT2D eigenvalue weighted by atomic mass is 10.0. The molecule has 1 saturated heterocycles. The molecule has 1 amide bonds. The second-order valence-corrected chi connectivity index (χ2v) is 6.74. The summed E-state index contributed by atoms with van der Waals surface area (Å²) < 4.78 is 0. The van der Waals surface area contributed by atoms with Crippen LogP contribution in [0, 0.1) is 5.92 Å². The summed E-state index contributed by atoms with van der Waals surface area (Å²) in [5.41, 5.74) is 0. The van der Waals surface area contributed by atoms with Gasteiger partial charge in [0.2, 0.25) is 5.91 Å². The Hall–Kier alpha value is -0.220. The summed E-state index contributed by atoms with van der Waals surface area (Å²) in [5, 5.41) is 3.47. The van der Waals surface area contributed by atoms with Crippen molar-refractivity contribution >= 4 is 17.7 Å². The van der Waals surface area contributed by atoms with E-state index in [4.69, 9.17) is 0 Å². The van der Waals surface area contributed by atoms with E-state index in [0.29, 0.717) is 11.8 Å². The molecule has 0 saturated carbocycles. The molecule has 112 valence electrons. The first-order chi connectivity index (χ1) is 9.11. The van der Waals surface area contributed by atoms with E-state index in [9.17, 15) is 4.79 Å². The molecule has 2 atom stereocenters. The van der Waals surface area contributed by atoms with Gasteiger partial charge in [0.25, 0.3) is 0 Å². The molecule has 2 unspecified atom stereocenters. The molecule has 0 aromatic rings. The maximum absolute atomic E-state index is 12.3. The van der Waals surface area contributed by atoms with E-state index >= 15 is 0 Å². The molecule has 1 heterocycles. The fraction of sp³-hybridized carbons (Fsp3) is 0.933. The molecule has 19 heavy (non-hydrogen) atoms. The van der Waals surface area contributed by atoms with E-state index in [1.807, 2.05) is 11.8 Å². The summed E-state index contributed by atoms with van der Waals surface area (Å²) >= 11 is 1.92. The van der Waals surface area contributed by atoms with Gasteiger partial charge in [-0.2, -0.15) is 11.8 Å². The molecule has 1 N–H and O–H groups in total. The molecular weight excluding hydrogens is 256 g/mol. The van der Waals surface area contributed by atoms with Crippen molar-refractivity contribution in [2.75, 3.05) is 18.6 Å². The van der Waals surface area contributed by atoms with Crippen LogP contribution in [-0.2, 0) is 4.79 Å². The first-order valence-electron chi connectivity index (χ1n) is 7.67. The van der Waals surface area contributed by atoms with Crippen molar-refractivity contribution in [3.63, 3.8) is 0 Å². The van der Waals surface area contributed by atoms with Gasteiger partial charge in [-0.15, -0.1) is 0 Å². The Labute approximate surface area is 122 Å². The fourth-order valence-electron chi connectivity index (χ4n) is 2.66. The summed E-state index contributed by atoms with van der Waals surface area (Å²) in [6.07, 6.45) is 8.40. The maximum atomic E-state index is 12.3. The van der Waals surface area contributed by atoms with E-state index in [0.717, 1.165) is 19.4 Å². The van der Waals surface area contributed by atoms with Crippen molar-refractivity contribution in [3.8, 4) is 0 Å². The molecule has 0 aliphatic carbocycles. The maximum Gasteiger partial charge on any atom is 0.241 e. The average molecular weight is 286 g/mol. The first-order valence-corrected chi connectivity index (χ1v) is 9.06. The normalized spacial score (nSPS) is 23.6. The molecule has 1 rings (SSSR count). The van der Waals surface area contributed by atoms with E-state index < -0.39 is 0 Å².